The van der Waals surface area contributed by atoms with E-state index in [0.29, 0.717) is 28.3 Å². The molecule has 1 amide bonds. The molecule has 45 heavy (non-hydrogen) atoms. The number of amides is 1. The van der Waals surface area contributed by atoms with Crippen LogP contribution in [0.4, 0.5) is 11.5 Å². The summed E-state index contributed by atoms with van der Waals surface area (Å²) in [5.74, 6) is -0.719. The van der Waals surface area contributed by atoms with Gasteiger partial charge in [-0.15, -0.1) is 0 Å². The van der Waals surface area contributed by atoms with Crippen LogP contribution in [0, 0.1) is 0 Å². The number of aliphatic hydroxyl groups excluding tert-OH is 5. The molecule has 5 rings (SSSR count). The summed E-state index contributed by atoms with van der Waals surface area (Å²) in [4.78, 5) is 22.2. The highest BCUT2D eigenvalue weighted by Crippen LogP contribution is 2.43. The second-order valence-corrected chi connectivity index (χ2v) is 10.6. The highest BCUT2D eigenvalue weighted by molar-refractivity contribution is 5.92. The Morgan fingerprint density at radius 1 is 0.844 bits per heavy atom. The quantitative estimate of drug-likeness (QED) is 0.123. The largest absolute Gasteiger partial charge is 0.394 e. The van der Waals surface area contributed by atoms with Crippen LogP contribution in [0.1, 0.15) is 34.9 Å². The lowest BCUT2D eigenvalue weighted by Gasteiger charge is -2.39. The number of para-hydroxylation sites is 1. The summed E-state index contributed by atoms with van der Waals surface area (Å²) in [5, 5.41) is 57.9. The molecule has 0 saturated carbocycles. The van der Waals surface area contributed by atoms with Gasteiger partial charge in [0.15, 0.2) is 6.29 Å². The summed E-state index contributed by atoms with van der Waals surface area (Å²) in [6, 6.07) is 26.6. The smallest absolute Gasteiger partial charge is 0.250 e. The molecule has 7 N–H and O–H groups in total. The van der Waals surface area contributed by atoms with Gasteiger partial charge in [0.2, 0.25) is 0 Å². The second-order valence-electron chi connectivity index (χ2n) is 10.6. The number of nitrogens with zero attached hydrogens (tertiary/aromatic N) is 2. The van der Waals surface area contributed by atoms with Gasteiger partial charge in [0.25, 0.3) is 5.91 Å². The van der Waals surface area contributed by atoms with E-state index in [-0.39, 0.29) is 0 Å². The van der Waals surface area contributed by atoms with Crippen molar-refractivity contribution in [3.63, 3.8) is 0 Å². The number of hydrogen-bond acceptors (Lipinski definition) is 11. The Bertz CT molecular complexity index is 1500. The zero-order valence-electron chi connectivity index (χ0n) is 24.2. The van der Waals surface area contributed by atoms with Crippen molar-refractivity contribution in [2.45, 2.75) is 48.8 Å². The van der Waals surface area contributed by atoms with Crippen molar-refractivity contribution in [1.29, 1.82) is 0 Å². The van der Waals surface area contributed by atoms with Gasteiger partial charge in [-0.25, -0.2) is 4.98 Å². The average Bonchev–Trinajstić information content (AvgIpc) is 3.08. The minimum atomic E-state index is -1.64. The summed E-state index contributed by atoms with van der Waals surface area (Å²) in [6.07, 6.45) is -5.18. The summed E-state index contributed by atoms with van der Waals surface area (Å²) in [7, 11) is 0. The molecule has 1 unspecified atom stereocenters. The number of aromatic nitrogens is 2. The fraction of sp³-hybridized carbons (Fsp3) is 0.303. The molecule has 8 atom stereocenters. The zero-order chi connectivity index (χ0) is 31.8. The Labute approximate surface area is 260 Å². The number of aliphatic hydroxyl groups is 5. The first-order chi connectivity index (χ1) is 21.9. The van der Waals surface area contributed by atoms with E-state index in [0.717, 1.165) is 0 Å². The van der Waals surface area contributed by atoms with E-state index in [2.05, 4.69) is 20.6 Å². The van der Waals surface area contributed by atoms with Gasteiger partial charge in [-0.1, -0.05) is 60.7 Å². The van der Waals surface area contributed by atoms with E-state index in [1.165, 1.54) is 0 Å². The maximum Gasteiger partial charge on any atom is 0.250 e. The van der Waals surface area contributed by atoms with Crippen LogP contribution in [0.3, 0.4) is 0 Å². The third kappa shape index (κ3) is 7.70. The standard InChI is InChI=1S/C33H36N4O8/c38-18-24-30(41)31(42)32(43)33(45-24)44-19-26(39)36-22-13-5-4-12-21(22)28(37-25-15-7-9-17-35-25)27(23-14-6-8-16-34-23)29(40)20-10-2-1-3-11-20/h1-17,24,27-33,38,40-43H,18-19H2,(H,35,37)(H,36,39)/t24-,27+,28-,29-,30-,31+,32-,33?/m1/s1. The van der Waals surface area contributed by atoms with E-state index >= 15 is 0 Å². The fourth-order valence-corrected chi connectivity index (χ4v) is 5.35. The molecule has 0 spiro atoms. The average molecular weight is 617 g/mol. The topological polar surface area (TPSA) is 187 Å². The molecule has 12 nitrogen and oxygen atoms in total. The molecule has 3 heterocycles. The molecule has 0 bridgehead atoms. The monoisotopic (exact) mass is 616 g/mol. The van der Waals surface area contributed by atoms with Gasteiger partial charge in [0.05, 0.1) is 24.7 Å². The summed E-state index contributed by atoms with van der Waals surface area (Å²) < 4.78 is 10.8. The van der Waals surface area contributed by atoms with E-state index < -0.39 is 67.9 Å². The molecule has 1 aliphatic heterocycles. The number of anilines is 2. The maximum absolute atomic E-state index is 13.2. The van der Waals surface area contributed by atoms with Crippen LogP contribution in [0.2, 0.25) is 0 Å². The lowest BCUT2D eigenvalue weighted by atomic mass is 9.82. The molecular weight excluding hydrogens is 580 g/mol. The summed E-state index contributed by atoms with van der Waals surface area (Å²) >= 11 is 0. The molecule has 1 fully saturated rings. The van der Waals surface area contributed by atoms with Crippen molar-refractivity contribution in [3.05, 3.63) is 120 Å². The highest BCUT2D eigenvalue weighted by atomic mass is 16.7. The fourth-order valence-electron chi connectivity index (χ4n) is 5.35. The van der Waals surface area contributed by atoms with Gasteiger partial charge in [0.1, 0.15) is 36.8 Å². The molecule has 236 valence electrons. The van der Waals surface area contributed by atoms with Crippen LogP contribution in [-0.2, 0) is 14.3 Å². The molecule has 1 aliphatic rings. The molecule has 0 aliphatic carbocycles. The zero-order valence-corrected chi connectivity index (χ0v) is 24.2. The van der Waals surface area contributed by atoms with Crippen molar-refractivity contribution in [3.8, 4) is 0 Å². The number of nitrogens with one attached hydrogen (secondary N) is 2. The van der Waals surface area contributed by atoms with Crippen molar-refractivity contribution in [2.24, 2.45) is 0 Å². The minimum absolute atomic E-state index is 0.412. The summed E-state index contributed by atoms with van der Waals surface area (Å²) in [5.41, 5.74) is 2.31. The third-order valence-corrected chi connectivity index (χ3v) is 7.64. The Morgan fingerprint density at radius 3 is 2.22 bits per heavy atom. The van der Waals surface area contributed by atoms with Gasteiger partial charge >= 0.3 is 0 Å². The summed E-state index contributed by atoms with van der Waals surface area (Å²) in [6.45, 7) is -1.20. The van der Waals surface area contributed by atoms with Crippen LogP contribution in [0.25, 0.3) is 0 Å². The lowest BCUT2D eigenvalue weighted by molar-refractivity contribution is -0.299. The van der Waals surface area contributed by atoms with Gasteiger partial charge in [-0.05, 0) is 41.5 Å². The molecular formula is C33H36N4O8. The van der Waals surface area contributed by atoms with Crippen LogP contribution in [0.5, 0.6) is 0 Å². The van der Waals surface area contributed by atoms with E-state index in [4.69, 9.17) is 9.47 Å². The minimum Gasteiger partial charge on any atom is -0.394 e. The molecule has 1 saturated heterocycles. The lowest BCUT2D eigenvalue weighted by Crippen LogP contribution is -2.59. The molecule has 4 aromatic rings. The first-order valence-corrected chi connectivity index (χ1v) is 14.5. The Hall–Kier alpha value is -4.27. The SMILES string of the molecule is O=C(COC1O[C@H](CO)[C@@H](O)[C@H](O)[C@H]1O)Nc1ccccc1[C@@H](Nc1ccccn1)[C@H](c1ccccn1)[C@H](O)c1ccccc1. The third-order valence-electron chi connectivity index (χ3n) is 7.64. The van der Waals surface area contributed by atoms with Crippen molar-refractivity contribution in [2.75, 3.05) is 23.8 Å². The van der Waals surface area contributed by atoms with Crippen LogP contribution in [-0.4, -0.2) is 85.3 Å². The predicted molar refractivity (Wildman–Crippen MR) is 164 cm³/mol. The number of hydrogen-bond donors (Lipinski definition) is 7. The number of ether oxygens (including phenoxy) is 2. The van der Waals surface area contributed by atoms with Gasteiger partial charge in [-0.2, -0.15) is 0 Å². The first kappa shape index (κ1) is 32.1. The van der Waals surface area contributed by atoms with Crippen LogP contribution < -0.4 is 10.6 Å². The molecule has 12 heteroatoms. The highest BCUT2D eigenvalue weighted by Gasteiger charge is 2.44. The van der Waals surface area contributed by atoms with Crippen molar-refractivity contribution < 1.29 is 39.8 Å². The van der Waals surface area contributed by atoms with Crippen molar-refractivity contribution in [1.82, 2.24) is 9.97 Å². The van der Waals surface area contributed by atoms with E-state index in [1.54, 1.807) is 42.7 Å². The van der Waals surface area contributed by atoms with Gasteiger partial charge in [-0.3, -0.25) is 9.78 Å². The number of carbonyl (C=O) groups is 1. The molecule has 2 aromatic carbocycles. The number of pyridine rings is 2. The second kappa shape index (κ2) is 15.1. The Balaban J connectivity index is 1.45. The first-order valence-electron chi connectivity index (χ1n) is 14.5. The van der Waals surface area contributed by atoms with Crippen LogP contribution >= 0.6 is 0 Å². The normalized spacial score (nSPS) is 23.4. The Kier molecular flexibility index (Phi) is 10.8. The number of rotatable bonds is 12. The molecule has 2 aromatic heterocycles. The maximum atomic E-state index is 13.2. The number of benzene rings is 2. The van der Waals surface area contributed by atoms with Crippen LogP contribution in [0.15, 0.2) is 103 Å². The molecule has 0 radical (unpaired) electrons. The predicted octanol–water partition coefficient (Wildman–Crippen LogP) is 1.90. The van der Waals surface area contributed by atoms with Crippen molar-refractivity contribution >= 4 is 17.4 Å². The van der Waals surface area contributed by atoms with E-state index in [1.807, 2.05) is 60.7 Å². The Morgan fingerprint density at radius 2 is 1.53 bits per heavy atom. The van der Waals surface area contributed by atoms with Gasteiger partial charge < -0.3 is 45.6 Å². The van der Waals surface area contributed by atoms with Gasteiger partial charge in [0, 0.05) is 23.8 Å². The number of carbonyl (C=O) groups excluding carboxylic acids is 1. The van der Waals surface area contributed by atoms with E-state index in [9.17, 15) is 30.3 Å².